The van der Waals surface area contributed by atoms with Crippen molar-refractivity contribution in [2.75, 3.05) is 28.6 Å². The standard InChI is InChI=1S/C20H24ClN3O2/c1-5-24(6-2)16-9-10-18(14(4)11-16)23-20(26)19(25)22-15-8-7-13(3)17(21)12-15/h7-12H,5-6H2,1-4H3,(H,22,25)(H,23,26). The summed E-state index contributed by atoms with van der Waals surface area (Å²) in [4.78, 5) is 26.5. The first-order valence-electron chi connectivity index (χ1n) is 8.59. The van der Waals surface area contributed by atoms with Crippen molar-refractivity contribution in [3.63, 3.8) is 0 Å². The predicted octanol–water partition coefficient (Wildman–Crippen LogP) is 4.38. The van der Waals surface area contributed by atoms with E-state index in [1.165, 1.54) is 0 Å². The molecule has 0 atom stereocenters. The van der Waals surface area contributed by atoms with Crippen molar-refractivity contribution < 1.29 is 9.59 Å². The zero-order valence-corrected chi connectivity index (χ0v) is 16.3. The smallest absolute Gasteiger partial charge is 0.314 e. The minimum absolute atomic E-state index is 0.481. The number of halogens is 1. The van der Waals surface area contributed by atoms with Gasteiger partial charge >= 0.3 is 11.8 Å². The summed E-state index contributed by atoms with van der Waals surface area (Å²) < 4.78 is 0. The highest BCUT2D eigenvalue weighted by Crippen LogP contribution is 2.23. The molecular formula is C20H24ClN3O2. The molecular weight excluding hydrogens is 350 g/mol. The fraction of sp³-hybridized carbons (Fsp3) is 0.300. The van der Waals surface area contributed by atoms with Gasteiger partial charge in [-0.25, -0.2) is 0 Å². The molecule has 0 bridgehead atoms. The molecule has 0 saturated heterocycles. The Hall–Kier alpha value is -2.53. The van der Waals surface area contributed by atoms with Crippen LogP contribution in [0.4, 0.5) is 17.1 Å². The number of carbonyl (C=O) groups is 2. The Morgan fingerprint density at radius 1 is 0.923 bits per heavy atom. The Morgan fingerprint density at radius 2 is 1.58 bits per heavy atom. The summed E-state index contributed by atoms with van der Waals surface area (Å²) in [5.41, 5.74) is 3.98. The summed E-state index contributed by atoms with van der Waals surface area (Å²) in [6.07, 6.45) is 0. The lowest BCUT2D eigenvalue weighted by molar-refractivity contribution is -0.133. The summed E-state index contributed by atoms with van der Waals surface area (Å²) in [6.45, 7) is 9.77. The molecule has 6 heteroatoms. The Balaban J connectivity index is 2.06. The molecule has 0 spiro atoms. The van der Waals surface area contributed by atoms with E-state index in [-0.39, 0.29) is 0 Å². The van der Waals surface area contributed by atoms with Gasteiger partial charge in [-0.1, -0.05) is 17.7 Å². The van der Waals surface area contributed by atoms with Crippen molar-refractivity contribution in [2.45, 2.75) is 27.7 Å². The lowest BCUT2D eigenvalue weighted by atomic mass is 10.1. The van der Waals surface area contributed by atoms with E-state index in [1.807, 2.05) is 32.0 Å². The molecule has 0 aromatic heterocycles. The zero-order chi connectivity index (χ0) is 19.3. The van der Waals surface area contributed by atoms with Crippen molar-refractivity contribution in [2.24, 2.45) is 0 Å². The second kappa shape index (κ2) is 8.72. The number of hydrogen-bond donors (Lipinski definition) is 2. The molecule has 26 heavy (non-hydrogen) atoms. The van der Waals surface area contributed by atoms with Gasteiger partial charge in [0.2, 0.25) is 0 Å². The molecule has 2 rings (SSSR count). The zero-order valence-electron chi connectivity index (χ0n) is 15.5. The summed E-state index contributed by atoms with van der Waals surface area (Å²) in [6, 6.07) is 10.9. The predicted molar refractivity (Wildman–Crippen MR) is 108 cm³/mol. The molecule has 0 fully saturated rings. The average Bonchev–Trinajstić information content (AvgIpc) is 2.61. The van der Waals surface area contributed by atoms with Crippen molar-refractivity contribution in [1.82, 2.24) is 0 Å². The molecule has 5 nitrogen and oxygen atoms in total. The highest BCUT2D eigenvalue weighted by atomic mass is 35.5. The van der Waals surface area contributed by atoms with Gasteiger partial charge in [-0.05, 0) is 69.2 Å². The third kappa shape index (κ3) is 4.76. The summed E-state index contributed by atoms with van der Waals surface area (Å²) in [7, 11) is 0. The van der Waals surface area contributed by atoms with Crippen LogP contribution in [0.25, 0.3) is 0 Å². The van der Waals surface area contributed by atoms with E-state index in [1.54, 1.807) is 18.2 Å². The largest absolute Gasteiger partial charge is 0.372 e. The minimum Gasteiger partial charge on any atom is -0.372 e. The molecule has 2 aromatic rings. The van der Waals surface area contributed by atoms with Crippen LogP contribution in [0.5, 0.6) is 0 Å². The van der Waals surface area contributed by atoms with Gasteiger partial charge in [0.25, 0.3) is 0 Å². The number of carbonyl (C=O) groups excluding carboxylic acids is 2. The Kier molecular flexibility index (Phi) is 6.64. The van der Waals surface area contributed by atoms with E-state index >= 15 is 0 Å². The van der Waals surface area contributed by atoms with Crippen molar-refractivity contribution in [3.8, 4) is 0 Å². The van der Waals surface area contributed by atoms with Crippen molar-refractivity contribution in [1.29, 1.82) is 0 Å². The Bertz CT molecular complexity index is 817. The number of nitrogens with zero attached hydrogens (tertiary/aromatic N) is 1. The number of aryl methyl sites for hydroxylation is 2. The van der Waals surface area contributed by atoms with E-state index in [4.69, 9.17) is 11.6 Å². The molecule has 0 aliphatic heterocycles. The first kappa shape index (κ1) is 19.8. The van der Waals surface area contributed by atoms with E-state index in [2.05, 4.69) is 29.4 Å². The molecule has 2 N–H and O–H groups in total. The van der Waals surface area contributed by atoms with Crippen LogP contribution in [0.3, 0.4) is 0 Å². The summed E-state index contributed by atoms with van der Waals surface area (Å²) >= 11 is 6.04. The second-order valence-corrected chi connectivity index (χ2v) is 6.45. The number of hydrogen-bond acceptors (Lipinski definition) is 3. The highest BCUT2D eigenvalue weighted by Gasteiger charge is 2.16. The first-order valence-corrected chi connectivity index (χ1v) is 8.97. The number of anilines is 3. The average molecular weight is 374 g/mol. The van der Waals surface area contributed by atoms with Gasteiger partial charge in [0, 0.05) is 35.2 Å². The van der Waals surface area contributed by atoms with Gasteiger partial charge in [0.1, 0.15) is 0 Å². The first-order chi connectivity index (χ1) is 12.3. The summed E-state index contributed by atoms with van der Waals surface area (Å²) in [5.74, 6) is -1.46. The molecule has 0 aliphatic rings. The van der Waals surface area contributed by atoms with Gasteiger partial charge in [0.15, 0.2) is 0 Å². The Morgan fingerprint density at radius 3 is 2.15 bits per heavy atom. The maximum absolute atomic E-state index is 12.2. The molecule has 0 saturated carbocycles. The van der Waals surface area contributed by atoms with Gasteiger partial charge < -0.3 is 15.5 Å². The molecule has 0 aliphatic carbocycles. The van der Waals surface area contributed by atoms with Gasteiger partial charge in [0.05, 0.1) is 0 Å². The molecule has 0 heterocycles. The second-order valence-electron chi connectivity index (χ2n) is 6.04. The highest BCUT2D eigenvalue weighted by molar-refractivity contribution is 6.43. The minimum atomic E-state index is -0.739. The number of nitrogens with one attached hydrogen (secondary N) is 2. The van der Waals surface area contributed by atoms with Crippen LogP contribution in [0.15, 0.2) is 36.4 Å². The normalized spacial score (nSPS) is 10.3. The SMILES string of the molecule is CCN(CC)c1ccc(NC(=O)C(=O)Nc2ccc(C)c(Cl)c2)c(C)c1. The van der Waals surface area contributed by atoms with Gasteiger partial charge in [-0.3, -0.25) is 9.59 Å². The van der Waals surface area contributed by atoms with E-state index < -0.39 is 11.8 Å². The number of rotatable bonds is 5. The number of amides is 2. The lowest BCUT2D eigenvalue weighted by Crippen LogP contribution is -2.29. The van der Waals surface area contributed by atoms with Crippen LogP contribution in [0.1, 0.15) is 25.0 Å². The fourth-order valence-electron chi connectivity index (χ4n) is 2.61. The van der Waals surface area contributed by atoms with E-state index in [9.17, 15) is 9.59 Å². The van der Waals surface area contributed by atoms with E-state index in [0.717, 1.165) is 29.9 Å². The molecule has 2 aromatic carbocycles. The topological polar surface area (TPSA) is 61.4 Å². The monoisotopic (exact) mass is 373 g/mol. The number of benzene rings is 2. The van der Waals surface area contributed by atoms with Crippen LogP contribution in [-0.4, -0.2) is 24.9 Å². The van der Waals surface area contributed by atoms with Crippen molar-refractivity contribution >= 4 is 40.5 Å². The lowest BCUT2D eigenvalue weighted by Gasteiger charge is -2.22. The quantitative estimate of drug-likeness (QED) is 0.764. The van der Waals surface area contributed by atoms with Crippen LogP contribution >= 0.6 is 11.6 Å². The fourth-order valence-corrected chi connectivity index (χ4v) is 2.79. The van der Waals surface area contributed by atoms with Crippen LogP contribution in [0, 0.1) is 13.8 Å². The van der Waals surface area contributed by atoms with Crippen LogP contribution in [-0.2, 0) is 9.59 Å². The third-order valence-electron chi connectivity index (χ3n) is 4.22. The molecule has 138 valence electrons. The van der Waals surface area contributed by atoms with Crippen LogP contribution in [0.2, 0.25) is 5.02 Å². The molecule has 0 unspecified atom stereocenters. The maximum Gasteiger partial charge on any atom is 0.314 e. The molecule has 0 radical (unpaired) electrons. The van der Waals surface area contributed by atoms with Crippen LogP contribution < -0.4 is 15.5 Å². The van der Waals surface area contributed by atoms with Gasteiger partial charge in [-0.2, -0.15) is 0 Å². The maximum atomic E-state index is 12.2. The van der Waals surface area contributed by atoms with Gasteiger partial charge in [-0.15, -0.1) is 0 Å². The van der Waals surface area contributed by atoms with Crippen molar-refractivity contribution in [3.05, 3.63) is 52.5 Å². The third-order valence-corrected chi connectivity index (χ3v) is 4.63. The summed E-state index contributed by atoms with van der Waals surface area (Å²) in [5, 5.41) is 5.74. The van der Waals surface area contributed by atoms with E-state index in [0.29, 0.717) is 16.4 Å². The molecule has 2 amide bonds. The Labute approximate surface area is 159 Å².